The molecule has 1 atom stereocenters. The van der Waals surface area contributed by atoms with Crippen molar-refractivity contribution in [1.29, 1.82) is 0 Å². The Morgan fingerprint density at radius 3 is 2.58 bits per heavy atom. The Hall–Kier alpha value is -1.62. The van der Waals surface area contributed by atoms with Gasteiger partial charge in [-0.25, -0.2) is 9.78 Å². The van der Waals surface area contributed by atoms with Crippen LogP contribution in [0.4, 0.5) is 10.6 Å². The smallest absolute Gasteiger partial charge is 0.416 e. The topological polar surface area (TPSA) is 45.7 Å². The van der Waals surface area contributed by atoms with Crippen molar-refractivity contribution in [3.63, 3.8) is 0 Å². The van der Waals surface area contributed by atoms with Crippen molar-refractivity contribution in [1.82, 2.24) is 9.88 Å². The lowest BCUT2D eigenvalue weighted by atomic mass is 9.91. The van der Waals surface area contributed by atoms with E-state index in [-0.39, 0.29) is 12.1 Å². The molecule has 1 amide bonds. The van der Waals surface area contributed by atoms with Crippen LogP contribution in [0.3, 0.4) is 0 Å². The molecule has 0 bridgehead atoms. The molecule has 0 spiro atoms. The standard InChI is InChI=1S/C21H33N3O2/c1-15(2)23-14-8-12-18(23)17-11-7-13-22-19(17)24(16-9-6-10-16)20(25)26-21(3,4)5/h7,11,13,15-16,18H,6,8-10,12,14H2,1-5H3/t18-/m1/s1. The second-order valence-electron chi connectivity index (χ2n) is 8.84. The van der Waals surface area contributed by atoms with Crippen LogP contribution >= 0.6 is 0 Å². The first kappa shape index (κ1) is 19.2. The molecule has 0 N–H and O–H groups in total. The highest BCUT2D eigenvalue weighted by Crippen LogP contribution is 2.40. The van der Waals surface area contributed by atoms with Gasteiger partial charge >= 0.3 is 6.09 Å². The number of rotatable bonds is 4. The molecule has 1 saturated carbocycles. The van der Waals surface area contributed by atoms with Gasteiger partial charge in [0.25, 0.3) is 0 Å². The number of likely N-dealkylation sites (tertiary alicyclic amines) is 1. The minimum Gasteiger partial charge on any atom is -0.443 e. The monoisotopic (exact) mass is 359 g/mol. The van der Waals surface area contributed by atoms with Crippen molar-refractivity contribution in [2.45, 2.75) is 90.4 Å². The summed E-state index contributed by atoms with van der Waals surface area (Å²) < 4.78 is 5.74. The second-order valence-corrected chi connectivity index (χ2v) is 8.84. The summed E-state index contributed by atoms with van der Waals surface area (Å²) in [5.41, 5.74) is 0.655. The summed E-state index contributed by atoms with van der Waals surface area (Å²) in [7, 11) is 0. The van der Waals surface area contributed by atoms with E-state index in [1.54, 1.807) is 6.20 Å². The molecule has 2 aliphatic rings. The van der Waals surface area contributed by atoms with Gasteiger partial charge in [0, 0.05) is 29.9 Å². The van der Waals surface area contributed by atoms with Gasteiger partial charge < -0.3 is 4.74 Å². The number of carbonyl (C=O) groups is 1. The van der Waals surface area contributed by atoms with E-state index in [9.17, 15) is 4.79 Å². The highest BCUT2D eigenvalue weighted by Gasteiger charge is 2.38. The van der Waals surface area contributed by atoms with Crippen LogP contribution in [-0.2, 0) is 4.74 Å². The maximum absolute atomic E-state index is 13.0. The summed E-state index contributed by atoms with van der Waals surface area (Å²) in [6.45, 7) is 11.3. The van der Waals surface area contributed by atoms with Crippen LogP contribution in [0.2, 0.25) is 0 Å². The minimum absolute atomic E-state index is 0.201. The first-order valence-corrected chi connectivity index (χ1v) is 10.0. The highest BCUT2D eigenvalue weighted by molar-refractivity contribution is 5.88. The van der Waals surface area contributed by atoms with Crippen LogP contribution in [0.15, 0.2) is 18.3 Å². The van der Waals surface area contributed by atoms with Crippen LogP contribution in [0, 0.1) is 0 Å². The van der Waals surface area contributed by atoms with Crippen molar-refractivity contribution in [3.8, 4) is 0 Å². The Morgan fingerprint density at radius 1 is 1.27 bits per heavy atom. The van der Waals surface area contributed by atoms with Crippen molar-refractivity contribution < 1.29 is 9.53 Å². The predicted octanol–water partition coefficient (Wildman–Crippen LogP) is 4.92. The lowest BCUT2D eigenvalue weighted by Gasteiger charge is -2.39. The summed E-state index contributed by atoms with van der Waals surface area (Å²) in [4.78, 5) is 22.1. The summed E-state index contributed by atoms with van der Waals surface area (Å²) in [6, 6.07) is 5.14. The third-order valence-corrected chi connectivity index (χ3v) is 5.39. The molecule has 26 heavy (non-hydrogen) atoms. The summed E-state index contributed by atoms with van der Waals surface area (Å²) >= 11 is 0. The molecule has 5 heteroatoms. The van der Waals surface area contributed by atoms with Gasteiger partial charge in [0.2, 0.25) is 0 Å². The Balaban J connectivity index is 1.96. The van der Waals surface area contributed by atoms with Gasteiger partial charge in [0.1, 0.15) is 11.4 Å². The minimum atomic E-state index is -0.509. The normalized spacial score (nSPS) is 21.7. The predicted molar refractivity (Wildman–Crippen MR) is 104 cm³/mol. The molecule has 2 heterocycles. The van der Waals surface area contributed by atoms with E-state index >= 15 is 0 Å². The fourth-order valence-electron chi connectivity index (χ4n) is 3.98. The fraction of sp³-hybridized carbons (Fsp3) is 0.714. The number of carbonyl (C=O) groups excluding carboxylic acids is 1. The van der Waals surface area contributed by atoms with Gasteiger partial charge in [-0.3, -0.25) is 9.80 Å². The van der Waals surface area contributed by atoms with Gasteiger partial charge in [0.05, 0.1) is 0 Å². The molecular formula is C21H33N3O2. The highest BCUT2D eigenvalue weighted by atomic mass is 16.6. The SMILES string of the molecule is CC(C)N1CCC[C@@H]1c1cccnc1N(C(=O)OC(C)(C)C)C1CCC1. The third-order valence-electron chi connectivity index (χ3n) is 5.39. The van der Waals surface area contributed by atoms with Gasteiger partial charge in [0.15, 0.2) is 0 Å². The maximum atomic E-state index is 13.0. The number of hydrogen-bond acceptors (Lipinski definition) is 4. The largest absolute Gasteiger partial charge is 0.443 e. The average molecular weight is 360 g/mol. The van der Waals surface area contributed by atoms with Crippen LogP contribution < -0.4 is 4.90 Å². The van der Waals surface area contributed by atoms with Crippen LogP contribution in [0.1, 0.15) is 78.3 Å². The lowest BCUT2D eigenvalue weighted by molar-refractivity contribution is 0.0547. The van der Waals surface area contributed by atoms with Crippen molar-refractivity contribution >= 4 is 11.9 Å². The fourth-order valence-corrected chi connectivity index (χ4v) is 3.98. The number of hydrogen-bond donors (Lipinski definition) is 0. The summed E-state index contributed by atoms with van der Waals surface area (Å²) in [5, 5.41) is 0. The molecule has 1 aliphatic heterocycles. The van der Waals surface area contributed by atoms with E-state index < -0.39 is 5.60 Å². The number of ether oxygens (including phenoxy) is 1. The van der Waals surface area contributed by atoms with E-state index in [2.05, 4.69) is 29.8 Å². The molecule has 0 aromatic carbocycles. The molecule has 1 aromatic rings. The summed E-state index contributed by atoms with van der Waals surface area (Å²) in [5.74, 6) is 0.795. The molecular weight excluding hydrogens is 326 g/mol. The van der Waals surface area contributed by atoms with Gasteiger partial charge in [-0.2, -0.15) is 0 Å². The lowest BCUT2D eigenvalue weighted by Crippen LogP contribution is -2.48. The molecule has 144 valence electrons. The first-order chi connectivity index (χ1) is 12.3. The van der Waals surface area contributed by atoms with Crippen molar-refractivity contribution in [3.05, 3.63) is 23.9 Å². The Bertz CT molecular complexity index is 634. The van der Waals surface area contributed by atoms with E-state index in [1.807, 2.05) is 31.7 Å². The Kier molecular flexibility index (Phi) is 5.56. The van der Waals surface area contributed by atoms with Crippen LogP contribution in [0.5, 0.6) is 0 Å². The quantitative estimate of drug-likeness (QED) is 0.765. The molecule has 0 unspecified atom stereocenters. The number of aromatic nitrogens is 1. The molecule has 3 rings (SSSR count). The molecule has 0 radical (unpaired) electrons. The molecule has 1 aromatic heterocycles. The summed E-state index contributed by atoms with van der Waals surface area (Å²) in [6.07, 6.45) is 7.03. The average Bonchev–Trinajstić information content (AvgIpc) is 2.98. The zero-order valence-corrected chi connectivity index (χ0v) is 16.9. The maximum Gasteiger partial charge on any atom is 0.416 e. The molecule has 2 fully saturated rings. The van der Waals surface area contributed by atoms with Crippen LogP contribution in [0.25, 0.3) is 0 Å². The molecule has 5 nitrogen and oxygen atoms in total. The van der Waals surface area contributed by atoms with Gasteiger partial charge in [-0.1, -0.05) is 6.07 Å². The van der Waals surface area contributed by atoms with E-state index in [0.717, 1.165) is 43.6 Å². The third kappa shape index (κ3) is 4.03. The Morgan fingerprint density at radius 2 is 2.00 bits per heavy atom. The Labute approximate surface area is 157 Å². The number of amides is 1. The van der Waals surface area contributed by atoms with E-state index in [4.69, 9.17) is 4.74 Å². The zero-order valence-electron chi connectivity index (χ0n) is 16.9. The van der Waals surface area contributed by atoms with Crippen molar-refractivity contribution in [2.75, 3.05) is 11.4 Å². The zero-order chi connectivity index (χ0) is 18.9. The van der Waals surface area contributed by atoms with E-state index in [1.165, 1.54) is 6.42 Å². The van der Waals surface area contributed by atoms with Crippen LogP contribution in [-0.4, -0.2) is 40.2 Å². The van der Waals surface area contributed by atoms with Crippen molar-refractivity contribution in [2.24, 2.45) is 0 Å². The molecule has 1 aliphatic carbocycles. The van der Waals surface area contributed by atoms with E-state index in [0.29, 0.717) is 12.1 Å². The second kappa shape index (κ2) is 7.55. The number of nitrogens with zero attached hydrogens (tertiary/aromatic N) is 3. The number of pyridine rings is 1. The molecule has 1 saturated heterocycles. The van der Waals surface area contributed by atoms with Gasteiger partial charge in [-0.15, -0.1) is 0 Å². The van der Waals surface area contributed by atoms with Gasteiger partial charge in [-0.05, 0) is 79.3 Å². The first-order valence-electron chi connectivity index (χ1n) is 10.0. The number of anilines is 1.